The number of hydrogen-bond acceptors (Lipinski definition) is 3. The number of rotatable bonds is 4. The normalized spacial score (nSPS) is 11.7. The van der Waals surface area contributed by atoms with E-state index in [2.05, 4.69) is 10.4 Å². The van der Waals surface area contributed by atoms with Crippen LogP contribution in [0.15, 0.2) is 30.3 Å². The number of para-hydroxylation sites is 1. The van der Waals surface area contributed by atoms with E-state index in [1.165, 1.54) is 7.05 Å². The van der Waals surface area contributed by atoms with Gasteiger partial charge in [0.05, 0.1) is 5.56 Å². The maximum Gasteiger partial charge on any atom is 0.435 e. The number of aromatic nitrogens is 2. The first-order chi connectivity index (χ1) is 9.43. The standard InChI is InChI=1S/C13H14F3N3O/c1-17-8-10-11(13(14,15)16)18-19(2)12(10)20-9-6-4-3-5-7-9/h3-7,17H,8H2,1-2H3. The lowest BCUT2D eigenvalue weighted by molar-refractivity contribution is -0.142. The summed E-state index contributed by atoms with van der Waals surface area (Å²) in [5, 5.41) is 6.23. The van der Waals surface area contributed by atoms with E-state index in [4.69, 9.17) is 4.74 Å². The van der Waals surface area contributed by atoms with E-state index < -0.39 is 11.9 Å². The first-order valence-electron chi connectivity index (χ1n) is 5.94. The minimum Gasteiger partial charge on any atom is -0.439 e. The summed E-state index contributed by atoms with van der Waals surface area (Å²) in [5.41, 5.74) is -0.938. The summed E-state index contributed by atoms with van der Waals surface area (Å²) in [6.45, 7) is 0.0187. The van der Waals surface area contributed by atoms with E-state index in [9.17, 15) is 13.2 Å². The van der Waals surface area contributed by atoms with Crippen LogP contribution < -0.4 is 10.1 Å². The van der Waals surface area contributed by atoms with Crippen LogP contribution in [0.1, 0.15) is 11.3 Å². The lowest BCUT2D eigenvalue weighted by Gasteiger charge is -2.09. The summed E-state index contributed by atoms with van der Waals surface area (Å²) in [4.78, 5) is 0. The topological polar surface area (TPSA) is 39.1 Å². The van der Waals surface area contributed by atoms with Crippen LogP contribution in [0.2, 0.25) is 0 Å². The molecule has 1 heterocycles. The third-order valence-corrected chi connectivity index (χ3v) is 2.67. The first kappa shape index (κ1) is 14.4. The summed E-state index contributed by atoms with van der Waals surface area (Å²) < 4.78 is 45.5. The molecule has 7 heteroatoms. The molecule has 2 aromatic rings. The van der Waals surface area contributed by atoms with Crippen molar-refractivity contribution in [2.24, 2.45) is 7.05 Å². The molecule has 20 heavy (non-hydrogen) atoms. The molecule has 2 rings (SSSR count). The van der Waals surface area contributed by atoms with Crippen molar-refractivity contribution < 1.29 is 17.9 Å². The minimum absolute atomic E-state index is 0.00801. The molecule has 0 unspecified atom stereocenters. The predicted molar refractivity (Wildman–Crippen MR) is 67.5 cm³/mol. The van der Waals surface area contributed by atoms with Crippen LogP contribution in [-0.2, 0) is 19.8 Å². The highest BCUT2D eigenvalue weighted by molar-refractivity contribution is 5.37. The van der Waals surface area contributed by atoms with Crippen molar-refractivity contribution >= 4 is 0 Å². The predicted octanol–water partition coefficient (Wildman–Crippen LogP) is 2.95. The Morgan fingerprint density at radius 2 is 1.90 bits per heavy atom. The van der Waals surface area contributed by atoms with Crippen molar-refractivity contribution in [3.63, 3.8) is 0 Å². The first-order valence-corrected chi connectivity index (χ1v) is 5.94. The van der Waals surface area contributed by atoms with Crippen LogP contribution >= 0.6 is 0 Å². The van der Waals surface area contributed by atoms with Crippen LogP contribution in [0.25, 0.3) is 0 Å². The van der Waals surface area contributed by atoms with E-state index in [1.807, 2.05) is 0 Å². The molecule has 0 atom stereocenters. The monoisotopic (exact) mass is 285 g/mol. The molecule has 0 saturated carbocycles. The van der Waals surface area contributed by atoms with Crippen molar-refractivity contribution in [2.75, 3.05) is 7.05 Å². The van der Waals surface area contributed by atoms with Gasteiger partial charge in [-0.25, -0.2) is 4.68 Å². The van der Waals surface area contributed by atoms with Gasteiger partial charge in [-0.05, 0) is 19.2 Å². The second-order valence-corrected chi connectivity index (χ2v) is 4.20. The molecule has 0 fully saturated rings. The largest absolute Gasteiger partial charge is 0.439 e. The molecule has 0 aliphatic carbocycles. The van der Waals surface area contributed by atoms with E-state index in [0.717, 1.165) is 4.68 Å². The number of ether oxygens (including phenoxy) is 1. The second kappa shape index (κ2) is 5.54. The fourth-order valence-corrected chi connectivity index (χ4v) is 1.84. The average molecular weight is 285 g/mol. The van der Waals surface area contributed by atoms with E-state index >= 15 is 0 Å². The van der Waals surface area contributed by atoms with Gasteiger partial charge in [0.25, 0.3) is 0 Å². The zero-order chi connectivity index (χ0) is 14.8. The summed E-state index contributed by atoms with van der Waals surface area (Å²) in [5.74, 6) is 0.541. The van der Waals surface area contributed by atoms with Gasteiger partial charge in [-0.15, -0.1) is 0 Å². The fourth-order valence-electron chi connectivity index (χ4n) is 1.84. The summed E-state index contributed by atoms with van der Waals surface area (Å²) in [6, 6.07) is 8.63. The number of nitrogens with one attached hydrogen (secondary N) is 1. The third kappa shape index (κ3) is 2.93. The number of nitrogens with zero attached hydrogens (tertiary/aromatic N) is 2. The Kier molecular flexibility index (Phi) is 3.99. The fraction of sp³-hybridized carbons (Fsp3) is 0.308. The molecule has 0 aliphatic rings. The maximum atomic E-state index is 12.9. The van der Waals surface area contributed by atoms with Crippen molar-refractivity contribution in [1.29, 1.82) is 0 Å². The Balaban J connectivity index is 2.44. The second-order valence-electron chi connectivity index (χ2n) is 4.20. The maximum absolute atomic E-state index is 12.9. The van der Waals surface area contributed by atoms with Crippen molar-refractivity contribution in [3.05, 3.63) is 41.6 Å². The van der Waals surface area contributed by atoms with Gasteiger partial charge < -0.3 is 10.1 Å². The highest BCUT2D eigenvalue weighted by Crippen LogP contribution is 2.36. The van der Waals surface area contributed by atoms with Gasteiger partial charge in [-0.1, -0.05) is 18.2 Å². The molecule has 0 aliphatic heterocycles. The van der Waals surface area contributed by atoms with E-state index in [1.54, 1.807) is 37.4 Å². The molecule has 0 spiro atoms. The molecule has 1 aromatic heterocycles. The summed E-state index contributed by atoms with van der Waals surface area (Å²) in [7, 11) is 2.99. The van der Waals surface area contributed by atoms with Gasteiger partial charge in [0.1, 0.15) is 5.75 Å². The summed E-state index contributed by atoms with van der Waals surface area (Å²) in [6.07, 6.45) is -4.51. The zero-order valence-corrected chi connectivity index (χ0v) is 11.0. The number of halogens is 3. The molecule has 4 nitrogen and oxygen atoms in total. The Hall–Kier alpha value is -2.02. The van der Waals surface area contributed by atoms with Crippen LogP contribution in [0, 0.1) is 0 Å². The Morgan fingerprint density at radius 3 is 2.45 bits per heavy atom. The number of benzene rings is 1. The molecule has 1 aromatic carbocycles. The molecular weight excluding hydrogens is 271 g/mol. The molecule has 0 bridgehead atoms. The minimum atomic E-state index is -4.51. The Morgan fingerprint density at radius 1 is 1.25 bits per heavy atom. The van der Waals surface area contributed by atoms with E-state index in [-0.39, 0.29) is 18.0 Å². The number of hydrogen-bond donors (Lipinski definition) is 1. The van der Waals surface area contributed by atoms with Crippen LogP contribution in [0.5, 0.6) is 11.6 Å². The highest BCUT2D eigenvalue weighted by Gasteiger charge is 2.39. The van der Waals surface area contributed by atoms with Crippen molar-refractivity contribution in [2.45, 2.75) is 12.7 Å². The van der Waals surface area contributed by atoms with Gasteiger partial charge in [0.2, 0.25) is 5.88 Å². The SMILES string of the molecule is CNCc1c(C(F)(F)F)nn(C)c1Oc1ccccc1. The quantitative estimate of drug-likeness (QED) is 0.938. The van der Waals surface area contributed by atoms with Crippen LogP contribution in [0.4, 0.5) is 13.2 Å². The molecule has 108 valence electrons. The van der Waals surface area contributed by atoms with Gasteiger partial charge in [-0.3, -0.25) is 0 Å². The molecule has 0 amide bonds. The third-order valence-electron chi connectivity index (χ3n) is 2.67. The van der Waals surface area contributed by atoms with E-state index in [0.29, 0.717) is 5.75 Å². The van der Waals surface area contributed by atoms with Gasteiger partial charge in [-0.2, -0.15) is 18.3 Å². The lowest BCUT2D eigenvalue weighted by Crippen LogP contribution is -2.13. The molecular formula is C13H14F3N3O. The number of aryl methyl sites for hydroxylation is 1. The number of alkyl halides is 3. The Bertz CT molecular complexity index is 579. The highest BCUT2D eigenvalue weighted by atomic mass is 19.4. The summed E-state index contributed by atoms with van der Waals surface area (Å²) >= 11 is 0. The van der Waals surface area contributed by atoms with Gasteiger partial charge in [0.15, 0.2) is 5.69 Å². The average Bonchev–Trinajstić information content (AvgIpc) is 2.69. The lowest BCUT2D eigenvalue weighted by atomic mass is 10.2. The van der Waals surface area contributed by atoms with Crippen molar-refractivity contribution in [3.8, 4) is 11.6 Å². The molecule has 0 radical (unpaired) electrons. The zero-order valence-electron chi connectivity index (χ0n) is 11.0. The molecule has 0 saturated heterocycles. The van der Waals surface area contributed by atoms with Crippen LogP contribution in [0.3, 0.4) is 0 Å². The van der Waals surface area contributed by atoms with Gasteiger partial charge in [0, 0.05) is 13.6 Å². The molecule has 1 N–H and O–H groups in total. The smallest absolute Gasteiger partial charge is 0.435 e. The van der Waals surface area contributed by atoms with Crippen molar-refractivity contribution in [1.82, 2.24) is 15.1 Å². The Labute approximate surface area is 114 Å². The van der Waals surface area contributed by atoms with Crippen LogP contribution in [-0.4, -0.2) is 16.8 Å². The van der Waals surface area contributed by atoms with Gasteiger partial charge >= 0.3 is 6.18 Å².